The number of amides is 1. The van der Waals surface area contributed by atoms with Crippen molar-refractivity contribution in [2.24, 2.45) is 0 Å². The van der Waals surface area contributed by atoms with Crippen LogP contribution < -0.4 is 14.4 Å². The van der Waals surface area contributed by atoms with Crippen molar-refractivity contribution in [2.45, 2.75) is 4.90 Å². The Morgan fingerprint density at radius 2 is 1.76 bits per heavy atom. The van der Waals surface area contributed by atoms with E-state index in [0.29, 0.717) is 49.0 Å². The largest absolute Gasteiger partial charge is 0.497 e. The molecule has 2 heterocycles. The first kappa shape index (κ1) is 22.5. The summed E-state index contributed by atoms with van der Waals surface area (Å²) in [6, 6.07) is 15.0. The highest BCUT2D eigenvalue weighted by atomic mass is 32.2. The van der Waals surface area contributed by atoms with Gasteiger partial charge in [-0.05, 0) is 54.6 Å². The van der Waals surface area contributed by atoms with Gasteiger partial charge in [0.15, 0.2) is 0 Å². The van der Waals surface area contributed by atoms with Gasteiger partial charge in [0.05, 0.1) is 23.9 Å². The van der Waals surface area contributed by atoms with Gasteiger partial charge >= 0.3 is 0 Å². The first-order valence-corrected chi connectivity index (χ1v) is 11.8. The number of carbonyl (C=O) groups excluding carboxylic acids is 1. The lowest BCUT2D eigenvalue weighted by Gasteiger charge is -2.35. The third-order valence-electron chi connectivity index (χ3n) is 5.33. The second kappa shape index (κ2) is 9.45. The molecule has 0 saturated carbocycles. The highest BCUT2D eigenvalue weighted by molar-refractivity contribution is 7.92. The van der Waals surface area contributed by atoms with E-state index in [1.807, 2.05) is 4.90 Å². The van der Waals surface area contributed by atoms with E-state index in [1.54, 1.807) is 48.4 Å². The topological polar surface area (TPSA) is 91.8 Å². The van der Waals surface area contributed by atoms with Crippen LogP contribution in [0.15, 0.2) is 71.8 Å². The zero-order valence-corrected chi connectivity index (χ0v) is 18.8. The van der Waals surface area contributed by atoms with E-state index in [4.69, 9.17) is 4.74 Å². The van der Waals surface area contributed by atoms with Gasteiger partial charge in [-0.15, -0.1) is 0 Å². The lowest BCUT2D eigenvalue weighted by atomic mass is 10.1. The van der Waals surface area contributed by atoms with Crippen LogP contribution in [0.5, 0.6) is 5.75 Å². The van der Waals surface area contributed by atoms with E-state index >= 15 is 0 Å². The van der Waals surface area contributed by atoms with Crippen molar-refractivity contribution in [1.29, 1.82) is 0 Å². The predicted molar refractivity (Wildman–Crippen MR) is 123 cm³/mol. The van der Waals surface area contributed by atoms with Gasteiger partial charge < -0.3 is 14.5 Å². The molecule has 172 valence electrons. The summed E-state index contributed by atoms with van der Waals surface area (Å²) in [5, 5.41) is 0. The van der Waals surface area contributed by atoms with Crippen LogP contribution in [0.4, 0.5) is 15.9 Å². The molecule has 0 aliphatic carbocycles. The van der Waals surface area contributed by atoms with E-state index < -0.39 is 15.8 Å². The molecule has 1 saturated heterocycles. The summed E-state index contributed by atoms with van der Waals surface area (Å²) in [4.78, 5) is 20.9. The van der Waals surface area contributed by atoms with Crippen LogP contribution in [0.1, 0.15) is 10.4 Å². The Hall–Kier alpha value is -3.66. The molecular formula is C23H23FN4O4S. The number of nitrogens with zero attached hydrogens (tertiary/aromatic N) is 3. The summed E-state index contributed by atoms with van der Waals surface area (Å²) < 4.78 is 45.6. The van der Waals surface area contributed by atoms with Crippen LogP contribution in [0, 0.1) is 5.82 Å². The van der Waals surface area contributed by atoms with E-state index in [-0.39, 0.29) is 10.8 Å². The number of rotatable bonds is 6. The quantitative estimate of drug-likeness (QED) is 0.596. The standard InChI is InChI=1S/C23H23FN4O4S/c1-32-20-4-2-3-17(15-20)23(29)28-13-11-27(12-14-28)22-10-7-19(16-25-22)26-33(30,31)21-8-5-18(24)6-9-21/h2-10,15-16,26H,11-14H2,1H3. The SMILES string of the molecule is COc1cccc(C(=O)N2CCN(c3ccc(NS(=O)(=O)c4ccc(F)cc4)cn3)CC2)c1. The fourth-order valence-corrected chi connectivity index (χ4v) is 4.58. The van der Waals surface area contributed by atoms with Crippen molar-refractivity contribution in [3.63, 3.8) is 0 Å². The summed E-state index contributed by atoms with van der Waals surface area (Å²) in [7, 11) is -2.28. The second-order valence-corrected chi connectivity index (χ2v) is 9.16. The molecular weight excluding hydrogens is 447 g/mol. The Morgan fingerprint density at radius 1 is 1.03 bits per heavy atom. The van der Waals surface area contributed by atoms with E-state index in [2.05, 4.69) is 9.71 Å². The Kier molecular flexibility index (Phi) is 6.45. The fraction of sp³-hybridized carbons (Fsp3) is 0.217. The van der Waals surface area contributed by atoms with Gasteiger partial charge in [0.1, 0.15) is 17.4 Å². The van der Waals surface area contributed by atoms with Gasteiger partial charge in [0.2, 0.25) is 0 Å². The molecule has 2 aromatic carbocycles. The molecule has 1 aromatic heterocycles. The maximum Gasteiger partial charge on any atom is 0.261 e. The van der Waals surface area contributed by atoms with Crippen LogP contribution in [0.25, 0.3) is 0 Å². The van der Waals surface area contributed by atoms with E-state index in [1.165, 1.54) is 18.3 Å². The molecule has 0 atom stereocenters. The Balaban J connectivity index is 1.36. The Morgan fingerprint density at radius 3 is 2.39 bits per heavy atom. The molecule has 8 nitrogen and oxygen atoms in total. The number of nitrogens with one attached hydrogen (secondary N) is 1. The zero-order valence-electron chi connectivity index (χ0n) is 17.9. The van der Waals surface area contributed by atoms with Gasteiger partial charge in [-0.3, -0.25) is 9.52 Å². The molecule has 1 amide bonds. The molecule has 1 aliphatic rings. The van der Waals surface area contributed by atoms with Gasteiger partial charge in [-0.1, -0.05) is 6.07 Å². The molecule has 3 aromatic rings. The molecule has 33 heavy (non-hydrogen) atoms. The predicted octanol–water partition coefficient (Wildman–Crippen LogP) is 2.99. The third-order valence-corrected chi connectivity index (χ3v) is 6.73. The van der Waals surface area contributed by atoms with Crippen molar-refractivity contribution in [3.05, 3.63) is 78.2 Å². The number of carbonyl (C=O) groups is 1. The number of aromatic nitrogens is 1. The highest BCUT2D eigenvalue weighted by Crippen LogP contribution is 2.21. The van der Waals surface area contributed by atoms with Gasteiger partial charge in [-0.25, -0.2) is 17.8 Å². The first-order chi connectivity index (χ1) is 15.9. The average Bonchev–Trinajstić information content (AvgIpc) is 2.84. The molecule has 0 radical (unpaired) electrons. The van der Waals surface area contributed by atoms with Crippen molar-refractivity contribution < 1.29 is 22.3 Å². The van der Waals surface area contributed by atoms with Gasteiger partial charge in [0, 0.05) is 31.7 Å². The molecule has 10 heteroatoms. The lowest BCUT2D eigenvalue weighted by molar-refractivity contribution is 0.0746. The summed E-state index contributed by atoms with van der Waals surface area (Å²) in [5.74, 6) is 0.768. The van der Waals surface area contributed by atoms with Crippen molar-refractivity contribution in [2.75, 3.05) is 42.9 Å². The average molecular weight is 471 g/mol. The molecule has 4 rings (SSSR count). The first-order valence-electron chi connectivity index (χ1n) is 10.3. The summed E-state index contributed by atoms with van der Waals surface area (Å²) in [6.45, 7) is 2.28. The number of sulfonamides is 1. The summed E-state index contributed by atoms with van der Waals surface area (Å²) >= 11 is 0. The zero-order chi connectivity index (χ0) is 23.4. The molecule has 1 fully saturated rings. The van der Waals surface area contributed by atoms with Gasteiger partial charge in [-0.2, -0.15) is 0 Å². The third kappa shape index (κ3) is 5.23. The Bertz CT molecular complexity index is 1230. The number of anilines is 2. The lowest BCUT2D eigenvalue weighted by Crippen LogP contribution is -2.49. The van der Waals surface area contributed by atoms with Crippen molar-refractivity contribution in [1.82, 2.24) is 9.88 Å². The maximum absolute atomic E-state index is 13.1. The highest BCUT2D eigenvalue weighted by Gasteiger charge is 2.23. The molecule has 0 spiro atoms. The number of methoxy groups -OCH3 is 1. The second-order valence-electron chi connectivity index (χ2n) is 7.48. The molecule has 1 N–H and O–H groups in total. The van der Waals surface area contributed by atoms with Crippen molar-refractivity contribution >= 4 is 27.4 Å². The van der Waals surface area contributed by atoms with Crippen LogP contribution in [-0.2, 0) is 10.0 Å². The minimum atomic E-state index is -3.84. The number of hydrogen-bond acceptors (Lipinski definition) is 6. The summed E-state index contributed by atoms with van der Waals surface area (Å²) in [6.07, 6.45) is 1.43. The smallest absolute Gasteiger partial charge is 0.261 e. The normalized spacial score (nSPS) is 14.1. The number of ether oxygens (including phenoxy) is 1. The number of hydrogen-bond donors (Lipinski definition) is 1. The van der Waals surface area contributed by atoms with E-state index in [0.717, 1.165) is 12.1 Å². The fourth-order valence-electron chi connectivity index (χ4n) is 3.54. The van der Waals surface area contributed by atoms with Crippen LogP contribution >= 0.6 is 0 Å². The maximum atomic E-state index is 13.1. The van der Waals surface area contributed by atoms with E-state index in [9.17, 15) is 17.6 Å². The molecule has 0 unspecified atom stereocenters. The van der Waals surface area contributed by atoms with Gasteiger partial charge in [0.25, 0.3) is 15.9 Å². The number of halogens is 1. The summed E-state index contributed by atoms with van der Waals surface area (Å²) in [5.41, 5.74) is 0.883. The minimum absolute atomic E-state index is 0.0372. The van der Waals surface area contributed by atoms with Crippen LogP contribution in [-0.4, -0.2) is 57.5 Å². The number of pyridine rings is 1. The molecule has 1 aliphatic heterocycles. The van der Waals surface area contributed by atoms with Crippen LogP contribution in [0.3, 0.4) is 0 Å². The molecule has 0 bridgehead atoms. The van der Waals surface area contributed by atoms with Crippen molar-refractivity contribution in [3.8, 4) is 5.75 Å². The Labute approximate surface area is 191 Å². The minimum Gasteiger partial charge on any atom is -0.497 e. The monoisotopic (exact) mass is 470 g/mol. The number of benzene rings is 2. The van der Waals surface area contributed by atoms with Crippen LogP contribution in [0.2, 0.25) is 0 Å². The number of piperazine rings is 1.